The number of benzene rings is 2. The maximum absolute atomic E-state index is 8.28. The predicted molar refractivity (Wildman–Crippen MR) is 77.5 cm³/mol. The van der Waals surface area contributed by atoms with E-state index in [1.54, 1.807) is 13.2 Å². The minimum atomic E-state index is 0.478. The molecule has 0 radical (unpaired) electrons. The number of nitrogens with one attached hydrogen (secondary N) is 1. The zero-order valence-electron chi connectivity index (χ0n) is 10.5. The van der Waals surface area contributed by atoms with Crippen LogP contribution in [0.15, 0.2) is 42.5 Å². The van der Waals surface area contributed by atoms with Gasteiger partial charge >= 0.3 is 0 Å². The average Bonchev–Trinajstić information content (AvgIpc) is 2.77. The van der Waals surface area contributed by atoms with Crippen molar-refractivity contribution in [1.29, 1.82) is 5.41 Å². The summed E-state index contributed by atoms with van der Waals surface area (Å²) in [5, 5.41) is 8.90. The minimum Gasteiger partial charge on any atom is -0.497 e. The lowest BCUT2D eigenvalue weighted by atomic mass is 10.1. The number of fused-ring (bicyclic) bond motifs is 1. The standard InChI is InChI=1S/C15H13ClN2O/c1-19-11-6-7-13(16)14(8-11)18-9-10-4-2-3-5-12(10)15(18)17/h2-8,17H,9H2,1H3. The molecule has 1 N–H and O–H groups in total. The fraction of sp³-hybridized carbons (Fsp3) is 0.133. The van der Waals surface area contributed by atoms with Gasteiger partial charge in [0.25, 0.3) is 0 Å². The van der Waals surface area contributed by atoms with E-state index in [-0.39, 0.29) is 0 Å². The minimum absolute atomic E-state index is 0.478. The summed E-state index contributed by atoms with van der Waals surface area (Å²) in [6.07, 6.45) is 0. The molecule has 0 saturated carbocycles. The lowest BCUT2D eigenvalue weighted by Crippen LogP contribution is -2.23. The van der Waals surface area contributed by atoms with E-state index >= 15 is 0 Å². The van der Waals surface area contributed by atoms with E-state index in [0.29, 0.717) is 17.4 Å². The van der Waals surface area contributed by atoms with Crippen LogP contribution < -0.4 is 9.64 Å². The highest BCUT2D eigenvalue weighted by Gasteiger charge is 2.26. The van der Waals surface area contributed by atoms with Crippen LogP contribution in [0.2, 0.25) is 5.02 Å². The van der Waals surface area contributed by atoms with Gasteiger partial charge in [-0.15, -0.1) is 0 Å². The fourth-order valence-corrected chi connectivity index (χ4v) is 2.54. The Labute approximate surface area is 116 Å². The summed E-state index contributed by atoms with van der Waals surface area (Å²) in [6, 6.07) is 13.4. The molecular weight excluding hydrogens is 260 g/mol. The van der Waals surface area contributed by atoms with Gasteiger partial charge in [0.15, 0.2) is 0 Å². The van der Waals surface area contributed by atoms with E-state index in [1.165, 1.54) is 0 Å². The van der Waals surface area contributed by atoms with Crippen molar-refractivity contribution in [2.45, 2.75) is 6.54 Å². The molecule has 4 heteroatoms. The third-order valence-corrected chi connectivity index (χ3v) is 3.63. The molecule has 2 aromatic carbocycles. The van der Waals surface area contributed by atoms with Crippen molar-refractivity contribution >= 4 is 23.1 Å². The van der Waals surface area contributed by atoms with Crippen LogP contribution in [-0.2, 0) is 6.54 Å². The molecule has 0 fully saturated rings. The molecule has 0 unspecified atom stereocenters. The number of nitrogens with zero attached hydrogens (tertiary/aromatic N) is 1. The molecule has 0 bridgehead atoms. The average molecular weight is 273 g/mol. The van der Waals surface area contributed by atoms with Crippen LogP contribution in [-0.4, -0.2) is 12.9 Å². The van der Waals surface area contributed by atoms with E-state index < -0.39 is 0 Å². The molecule has 3 rings (SSSR count). The number of hydrogen-bond donors (Lipinski definition) is 1. The van der Waals surface area contributed by atoms with Crippen molar-refractivity contribution in [3.63, 3.8) is 0 Å². The molecule has 1 heterocycles. The highest BCUT2D eigenvalue weighted by molar-refractivity contribution is 6.34. The van der Waals surface area contributed by atoms with Gasteiger partial charge in [-0.1, -0.05) is 35.9 Å². The number of methoxy groups -OCH3 is 1. The van der Waals surface area contributed by atoms with Crippen LogP contribution in [0.5, 0.6) is 5.75 Å². The lowest BCUT2D eigenvalue weighted by molar-refractivity contribution is 0.415. The van der Waals surface area contributed by atoms with Gasteiger partial charge in [-0.2, -0.15) is 0 Å². The maximum Gasteiger partial charge on any atom is 0.133 e. The zero-order valence-corrected chi connectivity index (χ0v) is 11.2. The SMILES string of the molecule is COc1ccc(Cl)c(N2Cc3ccccc3C2=N)c1. The number of rotatable bonds is 2. The summed E-state index contributed by atoms with van der Waals surface area (Å²) in [6.45, 7) is 0.669. The molecule has 96 valence electrons. The van der Waals surface area contributed by atoms with E-state index in [2.05, 4.69) is 0 Å². The van der Waals surface area contributed by atoms with E-state index in [4.69, 9.17) is 21.7 Å². The van der Waals surface area contributed by atoms with Gasteiger partial charge in [0.1, 0.15) is 11.6 Å². The summed E-state index contributed by atoms with van der Waals surface area (Å²) >= 11 is 6.25. The Morgan fingerprint density at radius 1 is 1.21 bits per heavy atom. The molecule has 0 aromatic heterocycles. The summed E-state index contributed by atoms with van der Waals surface area (Å²) < 4.78 is 5.23. The summed E-state index contributed by atoms with van der Waals surface area (Å²) in [7, 11) is 1.62. The van der Waals surface area contributed by atoms with Crippen molar-refractivity contribution in [1.82, 2.24) is 0 Å². The van der Waals surface area contributed by atoms with Gasteiger partial charge in [0.2, 0.25) is 0 Å². The number of halogens is 1. The second-order valence-electron chi connectivity index (χ2n) is 4.41. The molecule has 0 amide bonds. The molecule has 0 spiro atoms. The van der Waals surface area contributed by atoms with Gasteiger partial charge in [-0.05, 0) is 17.7 Å². The van der Waals surface area contributed by atoms with E-state index in [9.17, 15) is 0 Å². The molecule has 0 atom stereocenters. The highest BCUT2D eigenvalue weighted by Crippen LogP contribution is 2.35. The van der Waals surface area contributed by atoms with Gasteiger partial charge in [0.05, 0.1) is 24.4 Å². The third kappa shape index (κ3) is 1.96. The largest absolute Gasteiger partial charge is 0.497 e. The predicted octanol–water partition coefficient (Wildman–Crippen LogP) is 3.69. The number of amidine groups is 1. The Morgan fingerprint density at radius 2 is 2.00 bits per heavy atom. The van der Waals surface area contributed by atoms with Crippen LogP contribution in [0.25, 0.3) is 0 Å². The second-order valence-corrected chi connectivity index (χ2v) is 4.82. The van der Waals surface area contributed by atoms with Gasteiger partial charge < -0.3 is 9.64 Å². The molecule has 0 saturated heterocycles. The molecule has 3 nitrogen and oxygen atoms in total. The summed E-state index contributed by atoms with van der Waals surface area (Å²) in [5.74, 6) is 1.22. The molecule has 19 heavy (non-hydrogen) atoms. The first kappa shape index (κ1) is 12.1. The normalized spacial score (nSPS) is 13.6. The first-order chi connectivity index (χ1) is 9.20. The number of ether oxygens (including phenoxy) is 1. The van der Waals surface area contributed by atoms with E-state index in [0.717, 1.165) is 22.6 Å². The Kier molecular flexibility index (Phi) is 2.91. The molecule has 2 aromatic rings. The second kappa shape index (κ2) is 4.59. The Balaban J connectivity index is 2.04. The Morgan fingerprint density at radius 3 is 2.74 bits per heavy atom. The maximum atomic E-state index is 8.28. The first-order valence-corrected chi connectivity index (χ1v) is 6.36. The Bertz CT molecular complexity index is 654. The fourth-order valence-electron chi connectivity index (χ4n) is 2.32. The van der Waals surface area contributed by atoms with E-state index in [1.807, 2.05) is 41.3 Å². The van der Waals surface area contributed by atoms with Crippen LogP contribution >= 0.6 is 11.6 Å². The molecule has 1 aliphatic rings. The molecule has 1 aliphatic heterocycles. The zero-order chi connectivity index (χ0) is 13.4. The highest BCUT2D eigenvalue weighted by atomic mass is 35.5. The number of hydrogen-bond acceptors (Lipinski definition) is 2. The topological polar surface area (TPSA) is 36.3 Å². The first-order valence-electron chi connectivity index (χ1n) is 5.98. The third-order valence-electron chi connectivity index (χ3n) is 3.31. The lowest BCUT2D eigenvalue weighted by Gasteiger charge is -2.20. The van der Waals surface area contributed by atoms with Gasteiger partial charge in [-0.25, -0.2) is 0 Å². The van der Waals surface area contributed by atoms with Crippen LogP contribution in [0, 0.1) is 5.41 Å². The van der Waals surface area contributed by atoms with Crippen molar-refractivity contribution in [2.24, 2.45) is 0 Å². The van der Waals surface area contributed by atoms with Crippen LogP contribution in [0.4, 0.5) is 5.69 Å². The van der Waals surface area contributed by atoms with Crippen LogP contribution in [0.1, 0.15) is 11.1 Å². The van der Waals surface area contributed by atoms with Crippen LogP contribution in [0.3, 0.4) is 0 Å². The summed E-state index contributed by atoms with van der Waals surface area (Å²) in [5.41, 5.74) is 2.91. The van der Waals surface area contributed by atoms with Gasteiger partial charge in [0, 0.05) is 11.6 Å². The molecular formula is C15H13ClN2O. The number of anilines is 1. The van der Waals surface area contributed by atoms with Crippen molar-refractivity contribution in [2.75, 3.05) is 12.0 Å². The monoisotopic (exact) mass is 272 g/mol. The summed E-state index contributed by atoms with van der Waals surface area (Å²) in [4.78, 5) is 1.90. The van der Waals surface area contributed by atoms with Crippen molar-refractivity contribution in [3.05, 3.63) is 58.6 Å². The Hall–Kier alpha value is -2.00. The quantitative estimate of drug-likeness (QED) is 0.905. The van der Waals surface area contributed by atoms with Crippen molar-refractivity contribution in [3.8, 4) is 5.75 Å². The van der Waals surface area contributed by atoms with Crippen molar-refractivity contribution < 1.29 is 4.74 Å². The smallest absolute Gasteiger partial charge is 0.133 e. The van der Waals surface area contributed by atoms with Gasteiger partial charge in [-0.3, -0.25) is 5.41 Å². The molecule has 0 aliphatic carbocycles.